The SMILES string of the molecule is CCC1[NH+]=C(Nc2nc(-c3ccccc3C(F)(F)F)nc3c2CCCCC3)N=C1C(F)(F)F. The van der Waals surface area contributed by atoms with Crippen molar-refractivity contribution in [3.63, 3.8) is 0 Å². The predicted octanol–water partition coefficient (Wildman–Crippen LogP) is 4.08. The number of aryl methyl sites for hydroxylation is 1. The van der Waals surface area contributed by atoms with Crippen LogP contribution in [0.4, 0.5) is 32.2 Å². The quantitative estimate of drug-likeness (QED) is 0.525. The number of aliphatic imine (C=N–C) groups is 1. The Labute approximate surface area is 186 Å². The van der Waals surface area contributed by atoms with E-state index in [1.165, 1.54) is 18.2 Å². The van der Waals surface area contributed by atoms with E-state index in [0.717, 1.165) is 25.3 Å². The normalized spacial score (nSPS) is 18.9. The topological polar surface area (TPSA) is 64.1 Å². The highest BCUT2D eigenvalue weighted by Crippen LogP contribution is 2.37. The first-order chi connectivity index (χ1) is 15.6. The molecule has 0 amide bonds. The first-order valence-electron chi connectivity index (χ1n) is 10.7. The van der Waals surface area contributed by atoms with E-state index in [4.69, 9.17) is 0 Å². The number of alkyl halides is 6. The zero-order chi connectivity index (χ0) is 23.8. The van der Waals surface area contributed by atoms with Gasteiger partial charge < -0.3 is 0 Å². The van der Waals surface area contributed by atoms with Gasteiger partial charge in [0.15, 0.2) is 11.6 Å². The van der Waals surface area contributed by atoms with Crippen molar-refractivity contribution in [1.82, 2.24) is 9.97 Å². The summed E-state index contributed by atoms with van der Waals surface area (Å²) in [6.45, 7) is 1.60. The van der Waals surface area contributed by atoms with Gasteiger partial charge in [0.2, 0.25) is 5.71 Å². The van der Waals surface area contributed by atoms with Crippen molar-refractivity contribution in [3.05, 3.63) is 41.1 Å². The highest BCUT2D eigenvalue weighted by Gasteiger charge is 2.47. The van der Waals surface area contributed by atoms with Crippen LogP contribution in [0, 0.1) is 0 Å². The highest BCUT2D eigenvalue weighted by atomic mass is 19.4. The van der Waals surface area contributed by atoms with Crippen molar-refractivity contribution in [3.8, 4) is 11.4 Å². The third-order valence-electron chi connectivity index (χ3n) is 5.72. The number of aromatic nitrogens is 2. The van der Waals surface area contributed by atoms with Crippen LogP contribution in [0.3, 0.4) is 0 Å². The van der Waals surface area contributed by atoms with Crippen LogP contribution in [-0.4, -0.2) is 33.9 Å². The van der Waals surface area contributed by atoms with Crippen molar-refractivity contribution in [2.75, 3.05) is 5.32 Å². The molecule has 1 atom stereocenters. The molecule has 1 aromatic carbocycles. The molecule has 2 N–H and O–H groups in total. The molecule has 2 heterocycles. The van der Waals surface area contributed by atoms with Crippen molar-refractivity contribution >= 4 is 17.5 Å². The number of fused-ring (bicyclic) bond motifs is 1. The Balaban J connectivity index is 1.81. The number of anilines is 1. The van der Waals surface area contributed by atoms with Gasteiger partial charge in [0.05, 0.1) is 11.3 Å². The maximum absolute atomic E-state index is 13.6. The molecule has 0 radical (unpaired) electrons. The second-order valence-electron chi connectivity index (χ2n) is 8.00. The lowest BCUT2D eigenvalue weighted by atomic mass is 10.0. The Hall–Kier alpha value is -2.98. The fraction of sp³-hybridized carbons (Fsp3) is 0.455. The molecule has 1 aromatic heterocycles. The third kappa shape index (κ3) is 4.86. The van der Waals surface area contributed by atoms with Crippen LogP contribution in [0.25, 0.3) is 11.4 Å². The van der Waals surface area contributed by atoms with Crippen LogP contribution >= 0.6 is 0 Å². The Bertz CT molecular complexity index is 1100. The maximum atomic E-state index is 13.6. The standard InChI is InChI=1S/C22H21F6N5/c1-2-15-17(22(26,27)28)31-20(30-15)33-19-13-9-4-3-5-11-16(13)29-18(32-19)12-8-6-7-10-14(12)21(23,24)25/h6-8,10,15H,2-5,9,11H2,1H3,(H,29,30,32,33)/p+1. The van der Waals surface area contributed by atoms with Crippen molar-refractivity contribution in [2.24, 2.45) is 4.99 Å². The van der Waals surface area contributed by atoms with E-state index in [1.54, 1.807) is 6.92 Å². The Kier molecular flexibility index (Phi) is 6.15. The van der Waals surface area contributed by atoms with Gasteiger partial charge in [-0.25, -0.2) is 10.3 Å². The molecule has 1 aliphatic carbocycles. The number of rotatable bonds is 3. The number of hydrogen-bond donors (Lipinski definition) is 2. The van der Waals surface area contributed by atoms with Crippen molar-refractivity contribution in [2.45, 2.75) is 63.8 Å². The van der Waals surface area contributed by atoms with Crippen LogP contribution in [0.5, 0.6) is 0 Å². The number of nitrogens with zero attached hydrogens (tertiary/aromatic N) is 3. The second kappa shape index (κ2) is 8.75. The molecule has 1 unspecified atom stereocenters. The molecule has 2 aliphatic rings. The summed E-state index contributed by atoms with van der Waals surface area (Å²) in [4.78, 5) is 15.2. The highest BCUT2D eigenvalue weighted by molar-refractivity contribution is 6.07. The third-order valence-corrected chi connectivity index (χ3v) is 5.72. The summed E-state index contributed by atoms with van der Waals surface area (Å²) in [7, 11) is 0. The summed E-state index contributed by atoms with van der Waals surface area (Å²) in [5.74, 6) is -0.0791. The summed E-state index contributed by atoms with van der Waals surface area (Å²) in [6.07, 6.45) is -5.39. The summed E-state index contributed by atoms with van der Waals surface area (Å²) in [5, 5.41) is 2.82. The first-order valence-corrected chi connectivity index (χ1v) is 10.7. The van der Waals surface area contributed by atoms with Crippen LogP contribution < -0.4 is 10.3 Å². The van der Waals surface area contributed by atoms with E-state index in [1.807, 2.05) is 0 Å². The van der Waals surface area contributed by atoms with Crippen LogP contribution in [0.15, 0.2) is 29.3 Å². The molecule has 0 spiro atoms. The smallest absolute Gasteiger partial charge is 0.265 e. The van der Waals surface area contributed by atoms with E-state index in [9.17, 15) is 26.3 Å². The molecular weight excluding hydrogens is 448 g/mol. The van der Waals surface area contributed by atoms with Gasteiger partial charge in [-0.3, -0.25) is 4.99 Å². The summed E-state index contributed by atoms with van der Waals surface area (Å²) in [6, 6.07) is 3.98. The van der Waals surface area contributed by atoms with Gasteiger partial charge in [0.1, 0.15) is 6.04 Å². The number of nitrogens with one attached hydrogen (secondary N) is 2. The van der Waals surface area contributed by atoms with Crippen LogP contribution in [0.2, 0.25) is 0 Å². The first kappa shape index (κ1) is 23.2. The number of guanidine groups is 1. The number of hydrogen-bond acceptors (Lipinski definition) is 4. The lowest BCUT2D eigenvalue weighted by molar-refractivity contribution is -0.480. The van der Waals surface area contributed by atoms with Gasteiger partial charge in [0, 0.05) is 11.1 Å². The van der Waals surface area contributed by atoms with Crippen LogP contribution in [0.1, 0.15) is 49.4 Å². The lowest BCUT2D eigenvalue weighted by Gasteiger charge is -2.15. The van der Waals surface area contributed by atoms with E-state index < -0.39 is 29.7 Å². The summed E-state index contributed by atoms with van der Waals surface area (Å²) >= 11 is 0. The van der Waals surface area contributed by atoms with Crippen molar-refractivity contribution < 1.29 is 31.3 Å². The Morgan fingerprint density at radius 2 is 1.70 bits per heavy atom. The molecule has 5 nitrogen and oxygen atoms in total. The molecule has 0 fully saturated rings. The molecule has 0 saturated heterocycles. The average Bonchev–Trinajstić information content (AvgIpc) is 3.02. The predicted molar refractivity (Wildman–Crippen MR) is 111 cm³/mol. The fourth-order valence-electron chi connectivity index (χ4n) is 4.12. The number of benzene rings is 1. The fourth-order valence-corrected chi connectivity index (χ4v) is 4.12. The molecule has 33 heavy (non-hydrogen) atoms. The minimum atomic E-state index is -4.61. The van der Waals surface area contributed by atoms with Crippen molar-refractivity contribution in [1.29, 1.82) is 0 Å². The lowest BCUT2D eigenvalue weighted by Crippen LogP contribution is -2.80. The summed E-state index contributed by atoms with van der Waals surface area (Å²) in [5.41, 5.74) is -0.716. The molecule has 1 aliphatic heterocycles. The zero-order valence-corrected chi connectivity index (χ0v) is 17.7. The second-order valence-corrected chi connectivity index (χ2v) is 8.00. The van der Waals surface area contributed by atoms with E-state index >= 15 is 0 Å². The molecular formula is C22H22F6N5+. The minimum Gasteiger partial charge on any atom is -0.265 e. The van der Waals surface area contributed by atoms with Gasteiger partial charge in [-0.15, -0.1) is 0 Å². The van der Waals surface area contributed by atoms with Gasteiger partial charge in [-0.05, 0) is 38.2 Å². The molecule has 0 saturated carbocycles. The van der Waals surface area contributed by atoms with E-state index in [0.29, 0.717) is 24.1 Å². The maximum Gasteiger partial charge on any atom is 0.449 e. The van der Waals surface area contributed by atoms with E-state index in [2.05, 4.69) is 25.3 Å². The molecule has 11 heteroatoms. The minimum absolute atomic E-state index is 0.128. The van der Waals surface area contributed by atoms with Gasteiger partial charge >= 0.3 is 18.3 Å². The Morgan fingerprint density at radius 3 is 2.36 bits per heavy atom. The number of halogens is 6. The van der Waals surface area contributed by atoms with Gasteiger partial charge in [-0.1, -0.05) is 36.5 Å². The molecule has 0 bridgehead atoms. The largest absolute Gasteiger partial charge is 0.449 e. The molecule has 4 rings (SSSR count). The van der Waals surface area contributed by atoms with Gasteiger partial charge in [0.25, 0.3) is 0 Å². The van der Waals surface area contributed by atoms with E-state index in [-0.39, 0.29) is 29.6 Å². The summed E-state index contributed by atoms with van der Waals surface area (Å²) < 4.78 is 80.8. The van der Waals surface area contributed by atoms with Crippen LogP contribution in [-0.2, 0) is 19.0 Å². The molecule has 2 aromatic rings. The monoisotopic (exact) mass is 470 g/mol. The van der Waals surface area contributed by atoms with Gasteiger partial charge in [-0.2, -0.15) is 31.3 Å². The average molecular weight is 470 g/mol. The Morgan fingerprint density at radius 1 is 0.970 bits per heavy atom. The zero-order valence-electron chi connectivity index (χ0n) is 17.7. The molecule has 176 valence electrons.